The van der Waals surface area contributed by atoms with Gasteiger partial charge in [0.1, 0.15) is 0 Å². The number of nitrogens with one attached hydrogen (secondary N) is 1. The SMILES string of the molecule is CCCCOCCN=C1NC(CC)CCS1. The highest BCUT2D eigenvalue weighted by atomic mass is 32.2. The van der Waals surface area contributed by atoms with Crippen molar-refractivity contribution in [1.29, 1.82) is 0 Å². The van der Waals surface area contributed by atoms with Crippen LogP contribution in [0.1, 0.15) is 39.5 Å². The van der Waals surface area contributed by atoms with Crippen LogP contribution in [0.25, 0.3) is 0 Å². The molecule has 1 aliphatic heterocycles. The molecule has 0 bridgehead atoms. The van der Waals surface area contributed by atoms with E-state index in [0.717, 1.165) is 31.3 Å². The molecule has 4 heteroatoms. The highest BCUT2D eigenvalue weighted by molar-refractivity contribution is 8.13. The molecule has 0 aromatic rings. The van der Waals surface area contributed by atoms with Crippen LogP contribution in [0.2, 0.25) is 0 Å². The second-order valence-electron chi connectivity index (χ2n) is 4.04. The zero-order valence-corrected chi connectivity index (χ0v) is 11.3. The summed E-state index contributed by atoms with van der Waals surface area (Å²) in [5.41, 5.74) is 0. The largest absolute Gasteiger partial charge is 0.380 e. The van der Waals surface area contributed by atoms with Crippen molar-refractivity contribution in [3.8, 4) is 0 Å². The number of unbranched alkanes of at least 4 members (excludes halogenated alkanes) is 1. The maximum absolute atomic E-state index is 5.47. The first kappa shape index (κ1) is 13.8. The van der Waals surface area contributed by atoms with E-state index in [1.165, 1.54) is 25.0 Å². The first-order chi connectivity index (χ1) is 7.86. The third-order valence-corrected chi connectivity index (χ3v) is 3.62. The Morgan fingerprint density at radius 3 is 3.06 bits per heavy atom. The molecule has 16 heavy (non-hydrogen) atoms. The summed E-state index contributed by atoms with van der Waals surface area (Å²) < 4.78 is 5.47. The maximum atomic E-state index is 5.47. The predicted molar refractivity (Wildman–Crippen MR) is 72.3 cm³/mol. The second kappa shape index (κ2) is 8.88. The van der Waals surface area contributed by atoms with Crippen LogP contribution in [0.15, 0.2) is 4.99 Å². The van der Waals surface area contributed by atoms with Gasteiger partial charge < -0.3 is 10.1 Å². The molecule has 0 spiro atoms. The Morgan fingerprint density at radius 2 is 2.31 bits per heavy atom. The molecule has 0 aliphatic carbocycles. The number of aliphatic imine (C=N–C) groups is 1. The Morgan fingerprint density at radius 1 is 1.44 bits per heavy atom. The number of hydrogen-bond donors (Lipinski definition) is 1. The smallest absolute Gasteiger partial charge is 0.156 e. The van der Waals surface area contributed by atoms with Crippen LogP contribution in [0.4, 0.5) is 0 Å². The molecule has 3 nitrogen and oxygen atoms in total. The van der Waals surface area contributed by atoms with E-state index in [0.29, 0.717) is 6.04 Å². The van der Waals surface area contributed by atoms with Gasteiger partial charge in [0, 0.05) is 18.4 Å². The average molecular weight is 244 g/mol. The first-order valence-corrected chi connectivity index (χ1v) is 7.36. The summed E-state index contributed by atoms with van der Waals surface area (Å²) in [5.74, 6) is 1.20. The Labute approximate surface area is 103 Å². The van der Waals surface area contributed by atoms with Gasteiger partial charge in [-0.15, -0.1) is 0 Å². The van der Waals surface area contributed by atoms with Crippen molar-refractivity contribution in [2.45, 2.75) is 45.6 Å². The first-order valence-electron chi connectivity index (χ1n) is 6.38. The lowest BCUT2D eigenvalue weighted by atomic mass is 10.2. The highest BCUT2D eigenvalue weighted by Gasteiger charge is 2.14. The van der Waals surface area contributed by atoms with Gasteiger partial charge in [0.05, 0.1) is 13.2 Å². The average Bonchev–Trinajstić information content (AvgIpc) is 2.34. The molecule has 0 aromatic heterocycles. The fourth-order valence-electron chi connectivity index (χ4n) is 1.54. The lowest BCUT2D eigenvalue weighted by Crippen LogP contribution is -2.37. The van der Waals surface area contributed by atoms with E-state index < -0.39 is 0 Å². The monoisotopic (exact) mass is 244 g/mol. The van der Waals surface area contributed by atoms with Gasteiger partial charge in [0.25, 0.3) is 0 Å². The molecule has 0 radical (unpaired) electrons. The molecule has 1 saturated heterocycles. The standard InChI is InChI=1S/C12H24N2OS/c1-3-5-8-15-9-7-13-12-14-11(4-2)6-10-16-12/h11H,3-10H2,1-2H3,(H,13,14). The van der Waals surface area contributed by atoms with Gasteiger partial charge in [0.15, 0.2) is 5.17 Å². The lowest BCUT2D eigenvalue weighted by molar-refractivity contribution is 0.139. The van der Waals surface area contributed by atoms with Crippen LogP contribution in [-0.4, -0.2) is 36.7 Å². The van der Waals surface area contributed by atoms with Gasteiger partial charge in [0.2, 0.25) is 0 Å². The van der Waals surface area contributed by atoms with Crippen LogP contribution >= 0.6 is 11.8 Å². The summed E-state index contributed by atoms with van der Waals surface area (Å²) >= 11 is 1.83. The molecule has 1 heterocycles. The number of amidine groups is 1. The van der Waals surface area contributed by atoms with Crippen LogP contribution in [0.5, 0.6) is 0 Å². The topological polar surface area (TPSA) is 33.6 Å². The molecule has 0 amide bonds. The maximum Gasteiger partial charge on any atom is 0.156 e. The van der Waals surface area contributed by atoms with E-state index in [1.807, 2.05) is 11.8 Å². The molecule has 1 fully saturated rings. The van der Waals surface area contributed by atoms with E-state index in [9.17, 15) is 0 Å². The molecule has 1 atom stereocenters. The van der Waals surface area contributed by atoms with Gasteiger partial charge in [-0.25, -0.2) is 0 Å². The predicted octanol–water partition coefficient (Wildman–Crippen LogP) is 2.66. The fraction of sp³-hybridized carbons (Fsp3) is 0.917. The van der Waals surface area contributed by atoms with Crippen molar-refractivity contribution in [2.24, 2.45) is 4.99 Å². The molecular weight excluding hydrogens is 220 g/mol. The summed E-state index contributed by atoms with van der Waals surface area (Å²) in [7, 11) is 0. The quantitative estimate of drug-likeness (QED) is 0.699. The summed E-state index contributed by atoms with van der Waals surface area (Å²) in [5, 5.41) is 4.57. The van der Waals surface area contributed by atoms with Gasteiger partial charge in [-0.2, -0.15) is 0 Å². The number of hydrogen-bond acceptors (Lipinski definition) is 3. The Bertz CT molecular complexity index is 209. The Hall–Kier alpha value is -0.220. The molecule has 0 aromatic carbocycles. The van der Waals surface area contributed by atoms with Gasteiger partial charge in [-0.3, -0.25) is 4.99 Å². The number of thioether (sulfide) groups is 1. The van der Waals surface area contributed by atoms with Crippen molar-refractivity contribution in [1.82, 2.24) is 5.32 Å². The molecule has 1 rings (SSSR count). The number of ether oxygens (including phenoxy) is 1. The molecule has 0 saturated carbocycles. The molecular formula is C12H24N2OS. The zero-order chi connectivity index (χ0) is 11.6. The zero-order valence-electron chi connectivity index (χ0n) is 10.5. The molecule has 1 N–H and O–H groups in total. The molecule has 94 valence electrons. The summed E-state index contributed by atoms with van der Waals surface area (Å²) in [6.45, 7) is 6.81. The van der Waals surface area contributed by atoms with Crippen LogP contribution in [0, 0.1) is 0 Å². The van der Waals surface area contributed by atoms with Crippen molar-refractivity contribution < 1.29 is 4.74 Å². The Kier molecular flexibility index (Phi) is 7.68. The van der Waals surface area contributed by atoms with E-state index in [1.54, 1.807) is 0 Å². The third-order valence-electron chi connectivity index (χ3n) is 2.66. The minimum absolute atomic E-state index is 0.626. The number of rotatable bonds is 7. The number of nitrogens with zero attached hydrogens (tertiary/aromatic N) is 1. The van der Waals surface area contributed by atoms with E-state index in [2.05, 4.69) is 24.2 Å². The van der Waals surface area contributed by atoms with E-state index in [-0.39, 0.29) is 0 Å². The van der Waals surface area contributed by atoms with Gasteiger partial charge >= 0.3 is 0 Å². The minimum atomic E-state index is 0.626. The van der Waals surface area contributed by atoms with Crippen molar-refractivity contribution in [2.75, 3.05) is 25.5 Å². The van der Waals surface area contributed by atoms with Crippen LogP contribution < -0.4 is 5.32 Å². The normalized spacial score (nSPS) is 23.4. The van der Waals surface area contributed by atoms with Crippen LogP contribution in [0.3, 0.4) is 0 Å². The second-order valence-corrected chi connectivity index (χ2v) is 5.12. The van der Waals surface area contributed by atoms with Crippen molar-refractivity contribution in [3.63, 3.8) is 0 Å². The van der Waals surface area contributed by atoms with Crippen molar-refractivity contribution in [3.05, 3.63) is 0 Å². The molecule has 1 unspecified atom stereocenters. The van der Waals surface area contributed by atoms with Gasteiger partial charge in [-0.05, 0) is 19.3 Å². The fourth-order valence-corrected chi connectivity index (χ4v) is 2.57. The van der Waals surface area contributed by atoms with Crippen LogP contribution in [-0.2, 0) is 4.74 Å². The van der Waals surface area contributed by atoms with E-state index >= 15 is 0 Å². The third kappa shape index (κ3) is 5.75. The minimum Gasteiger partial charge on any atom is -0.380 e. The summed E-state index contributed by atoms with van der Waals surface area (Å²) in [4.78, 5) is 4.52. The van der Waals surface area contributed by atoms with Gasteiger partial charge in [-0.1, -0.05) is 32.0 Å². The van der Waals surface area contributed by atoms with Crippen molar-refractivity contribution >= 4 is 16.9 Å². The lowest BCUT2D eigenvalue weighted by Gasteiger charge is -2.24. The summed E-state index contributed by atoms with van der Waals surface area (Å²) in [6.07, 6.45) is 4.80. The van der Waals surface area contributed by atoms with E-state index in [4.69, 9.17) is 4.74 Å². The summed E-state index contributed by atoms with van der Waals surface area (Å²) in [6, 6.07) is 0.626. The molecule has 1 aliphatic rings. The highest BCUT2D eigenvalue weighted by Crippen LogP contribution is 2.15. The Balaban J connectivity index is 2.08.